The van der Waals surface area contributed by atoms with E-state index in [9.17, 15) is 18.0 Å². The minimum atomic E-state index is -4.82. The summed E-state index contributed by atoms with van der Waals surface area (Å²) in [4.78, 5) is 12.7. The van der Waals surface area contributed by atoms with Gasteiger partial charge in [-0.15, -0.1) is 0 Å². The van der Waals surface area contributed by atoms with Gasteiger partial charge in [0.05, 0.1) is 28.1 Å². The van der Waals surface area contributed by atoms with Crippen molar-refractivity contribution in [3.05, 3.63) is 89.0 Å². The molecular formula is C23H15ClF3N5OS. The number of alkyl halides is 3. The van der Waals surface area contributed by atoms with E-state index in [2.05, 4.69) is 19.4 Å². The lowest BCUT2D eigenvalue weighted by molar-refractivity contribution is -0.0583. The van der Waals surface area contributed by atoms with Crippen molar-refractivity contribution in [1.82, 2.24) is 8.75 Å². The molecule has 0 bridgehead atoms. The lowest BCUT2D eigenvalue weighted by atomic mass is 10.1. The minimum absolute atomic E-state index is 0.000647. The number of nitrogens with zero attached hydrogens (tertiary/aromatic N) is 2. The van der Waals surface area contributed by atoms with Crippen LogP contribution in [0.3, 0.4) is 0 Å². The van der Waals surface area contributed by atoms with Crippen LogP contribution in [0.25, 0.3) is 16.7 Å². The summed E-state index contributed by atoms with van der Waals surface area (Å²) < 4.78 is 47.4. The van der Waals surface area contributed by atoms with E-state index in [1.165, 1.54) is 24.3 Å². The molecule has 3 N–H and O–H groups in total. The molecule has 0 aliphatic rings. The summed E-state index contributed by atoms with van der Waals surface area (Å²) in [7, 11) is 0. The van der Waals surface area contributed by atoms with Gasteiger partial charge in [-0.25, -0.2) is 0 Å². The molecule has 4 aromatic rings. The van der Waals surface area contributed by atoms with Crippen LogP contribution in [0.15, 0.2) is 72.8 Å². The second kappa shape index (κ2) is 9.62. The van der Waals surface area contributed by atoms with Crippen LogP contribution < -0.4 is 10.6 Å². The van der Waals surface area contributed by atoms with E-state index in [0.717, 1.165) is 11.7 Å². The van der Waals surface area contributed by atoms with Crippen LogP contribution in [0.1, 0.15) is 15.9 Å². The van der Waals surface area contributed by atoms with E-state index in [1.54, 1.807) is 42.5 Å². The van der Waals surface area contributed by atoms with Gasteiger partial charge in [0.15, 0.2) is 0 Å². The minimum Gasteiger partial charge on any atom is -0.354 e. The Bertz CT molecular complexity index is 1400. The third-order valence-corrected chi connectivity index (χ3v) is 5.60. The monoisotopic (exact) mass is 501 g/mol. The summed E-state index contributed by atoms with van der Waals surface area (Å²) in [5.41, 5.74) is 1.18. The first-order chi connectivity index (χ1) is 16.2. The SMILES string of the molecule is N=C(/C=C(\Nc1ccccc1Cl)c1ccc(C(=O)Nc2cccc3nsnc23)cc1)C(F)(F)F. The Labute approximate surface area is 200 Å². The molecule has 11 heteroatoms. The normalized spacial score (nSPS) is 11.9. The van der Waals surface area contributed by atoms with Crippen molar-refractivity contribution >= 4 is 63.1 Å². The Hall–Kier alpha value is -3.76. The predicted molar refractivity (Wildman–Crippen MR) is 129 cm³/mol. The lowest BCUT2D eigenvalue weighted by Crippen LogP contribution is -2.20. The zero-order valence-corrected chi connectivity index (χ0v) is 18.7. The highest BCUT2D eigenvalue weighted by molar-refractivity contribution is 7.00. The van der Waals surface area contributed by atoms with Crippen LogP contribution in [0.4, 0.5) is 24.5 Å². The van der Waals surface area contributed by atoms with Crippen molar-refractivity contribution in [2.75, 3.05) is 10.6 Å². The molecular weight excluding hydrogens is 487 g/mol. The average Bonchev–Trinajstić information content (AvgIpc) is 3.29. The number of anilines is 2. The van der Waals surface area contributed by atoms with Gasteiger partial charge in [-0.1, -0.05) is 41.9 Å². The quantitative estimate of drug-likeness (QED) is 0.258. The van der Waals surface area contributed by atoms with Gasteiger partial charge in [-0.3, -0.25) is 10.2 Å². The summed E-state index contributed by atoms with van der Waals surface area (Å²) in [6, 6.07) is 17.7. The van der Waals surface area contributed by atoms with E-state index >= 15 is 0 Å². The molecule has 34 heavy (non-hydrogen) atoms. The molecule has 3 aromatic carbocycles. The molecule has 6 nitrogen and oxygen atoms in total. The Morgan fingerprint density at radius 1 is 0.912 bits per heavy atom. The molecule has 1 amide bonds. The van der Waals surface area contributed by atoms with Crippen molar-refractivity contribution in [1.29, 1.82) is 5.41 Å². The zero-order valence-electron chi connectivity index (χ0n) is 17.2. The number of benzene rings is 3. The molecule has 0 unspecified atom stereocenters. The van der Waals surface area contributed by atoms with Crippen molar-refractivity contribution in [2.24, 2.45) is 0 Å². The molecule has 0 radical (unpaired) electrons. The fraction of sp³-hybridized carbons (Fsp3) is 0.0435. The fourth-order valence-corrected chi connectivity index (χ4v) is 3.76. The molecule has 0 atom stereocenters. The lowest BCUT2D eigenvalue weighted by Gasteiger charge is -2.15. The van der Waals surface area contributed by atoms with Crippen LogP contribution in [-0.2, 0) is 0 Å². The summed E-state index contributed by atoms with van der Waals surface area (Å²) in [6.45, 7) is 0. The van der Waals surface area contributed by atoms with E-state index in [4.69, 9.17) is 17.0 Å². The van der Waals surface area contributed by atoms with Crippen molar-refractivity contribution < 1.29 is 18.0 Å². The number of fused-ring (bicyclic) bond motifs is 1. The average molecular weight is 502 g/mol. The maximum atomic E-state index is 13.0. The highest BCUT2D eigenvalue weighted by atomic mass is 35.5. The molecule has 0 saturated carbocycles. The number of para-hydroxylation sites is 1. The Morgan fingerprint density at radius 2 is 1.59 bits per heavy atom. The van der Waals surface area contributed by atoms with Gasteiger partial charge in [0.1, 0.15) is 16.7 Å². The van der Waals surface area contributed by atoms with Gasteiger partial charge in [0.2, 0.25) is 0 Å². The largest absolute Gasteiger partial charge is 0.432 e. The van der Waals surface area contributed by atoms with Crippen molar-refractivity contribution in [3.8, 4) is 0 Å². The number of rotatable bonds is 6. The third-order valence-electron chi connectivity index (χ3n) is 4.73. The van der Waals surface area contributed by atoms with E-state index in [0.29, 0.717) is 39.1 Å². The summed E-state index contributed by atoms with van der Waals surface area (Å²) in [5.74, 6) is -0.417. The Balaban J connectivity index is 1.61. The molecule has 0 aliphatic heterocycles. The molecule has 1 heterocycles. The van der Waals surface area contributed by atoms with Crippen molar-refractivity contribution in [3.63, 3.8) is 0 Å². The first-order valence-corrected chi connectivity index (χ1v) is 10.9. The van der Waals surface area contributed by atoms with E-state index in [-0.39, 0.29) is 11.3 Å². The predicted octanol–water partition coefficient (Wildman–Crippen LogP) is 6.63. The number of nitrogens with one attached hydrogen (secondary N) is 3. The zero-order chi connectivity index (χ0) is 24.3. The van der Waals surface area contributed by atoms with Gasteiger partial charge >= 0.3 is 6.18 Å². The van der Waals surface area contributed by atoms with Crippen LogP contribution in [0.2, 0.25) is 5.02 Å². The summed E-state index contributed by atoms with van der Waals surface area (Å²) in [5, 5.41) is 13.3. The van der Waals surface area contributed by atoms with Crippen LogP contribution in [0.5, 0.6) is 0 Å². The third kappa shape index (κ3) is 5.24. The molecule has 0 saturated heterocycles. The van der Waals surface area contributed by atoms with Crippen molar-refractivity contribution in [2.45, 2.75) is 6.18 Å². The van der Waals surface area contributed by atoms with Crippen LogP contribution in [-0.4, -0.2) is 26.5 Å². The molecule has 4 rings (SSSR count). The topological polar surface area (TPSA) is 90.8 Å². The Morgan fingerprint density at radius 3 is 2.29 bits per heavy atom. The van der Waals surface area contributed by atoms with Gasteiger partial charge < -0.3 is 10.6 Å². The van der Waals surface area contributed by atoms with E-state index in [1.807, 2.05) is 0 Å². The standard InChI is InChI=1S/C23H15ClF3N5OS/c24-15-4-1-2-5-16(15)29-19(12-20(28)23(25,26)27)13-8-10-14(11-9-13)22(33)30-17-6-3-7-18-21(17)32-34-31-18/h1-12,28-29H,(H,30,33)/b19-12-,28-20?. The number of amides is 1. The summed E-state index contributed by atoms with van der Waals surface area (Å²) in [6.07, 6.45) is -4.15. The first-order valence-electron chi connectivity index (χ1n) is 9.74. The maximum Gasteiger partial charge on any atom is 0.432 e. The second-order valence-corrected chi connectivity index (χ2v) is 7.98. The maximum absolute atomic E-state index is 13.0. The van der Waals surface area contributed by atoms with Gasteiger partial charge in [0.25, 0.3) is 5.91 Å². The number of carbonyl (C=O) groups is 1. The number of halogens is 4. The van der Waals surface area contributed by atoms with E-state index < -0.39 is 17.8 Å². The summed E-state index contributed by atoms with van der Waals surface area (Å²) >= 11 is 7.16. The van der Waals surface area contributed by atoms with Gasteiger partial charge in [-0.2, -0.15) is 21.9 Å². The van der Waals surface area contributed by atoms with Crippen LogP contribution >= 0.6 is 23.3 Å². The van der Waals surface area contributed by atoms with Gasteiger partial charge in [0, 0.05) is 11.3 Å². The number of allylic oxidation sites excluding steroid dienone is 1. The molecule has 172 valence electrons. The number of carbonyl (C=O) groups excluding carboxylic acids is 1. The molecule has 0 fully saturated rings. The second-order valence-electron chi connectivity index (χ2n) is 7.04. The number of hydrogen-bond donors (Lipinski definition) is 3. The van der Waals surface area contributed by atoms with Crippen LogP contribution in [0, 0.1) is 5.41 Å². The fourth-order valence-electron chi connectivity index (χ4n) is 3.03. The Kier molecular flexibility index (Phi) is 6.62. The number of aromatic nitrogens is 2. The first kappa shape index (κ1) is 23.4. The molecule has 0 spiro atoms. The molecule has 1 aromatic heterocycles. The van der Waals surface area contributed by atoms with Gasteiger partial charge in [-0.05, 0) is 48.0 Å². The number of hydrogen-bond acceptors (Lipinski definition) is 6. The smallest absolute Gasteiger partial charge is 0.354 e. The highest BCUT2D eigenvalue weighted by Gasteiger charge is 2.33. The highest BCUT2D eigenvalue weighted by Crippen LogP contribution is 2.28. The molecule has 0 aliphatic carbocycles.